The third kappa shape index (κ3) is 3.62. The fourth-order valence-corrected chi connectivity index (χ4v) is 2.44. The summed E-state index contributed by atoms with van der Waals surface area (Å²) in [6.07, 6.45) is -0.545. The summed E-state index contributed by atoms with van der Waals surface area (Å²) >= 11 is 9.21. The first-order chi connectivity index (χ1) is 9.47. The average Bonchev–Trinajstić information content (AvgIpc) is 2.42. The second kappa shape index (κ2) is 6.42. The molecule has 0 saturated carbocycles. The topological polar surface area (TPSA) is 26.3 Å². The van der Waals surface area contributed by atoms with Crippen LogP contribution in [0, 0.1) is 6.92 Å². The summed E-state index contributed by atoms with van der Waals surface area (Å²) in [4.78, 5) is 12.3. The van der Waals surface area contributed by atoms with E-state index < -0.39 is 6.10 Å². The number of carbonyl (C=O) groups is 1. The van der Waals surface area contributed by atoms with Gasteiger partial charge in [0.2, 0.25) is 5.78 Å². The SMILES string of the molecule is Cc1cc(Br)ccc1OC(C)C(=O)c1ccc(Cl)cc1. The van der Waals surface area contributed by atoms with E-state index in [9.17, 15) is 4.79 Å². The van der Waals surface area contributed by atoms with Crippen LogP contribution in [0.2, 0.25) is 5.02 Å². The molecule has 0 bridgehead atoms. The third-order valence-electron chi connectivity index (χ3n) is 2.94. The molecule has 0 amide bonds. The van der Waals surface area contributed by atoms with Gasteiger partial charge in [-0.2, -0.15) is 0 Å². The van der Waals surface area contributed by atoms with Crippen LogP contribution in [0.5, 0.6) is 5.75 Å². The van der Waals surface area contributed by atoms with Crippen LogP contribution in [0.1, 0.15) is 22.8 Å². The maximum Gasteiger partial charge on any atom is 0.202 e. The minimum absolute atomic E-state index is 0.0658. The van der Waals surface area contributed by atoms with E-state index in [0.29, 0.717) is 16.3 Å². The predicted molar refractivity (Wildman–Crippen MR) is 84.8 cm³/mol. The van der Waals surface area contributed by atoms with Crippen LogP contribution in [0.15, 0.2) is 46.9 Å². The van der Waals surface area contributed by atoms with Gasteiger partial charge in [0, 0.05) is 15.1 Å². The molecule has 0 aliphatic rings. The second-order valence-electron chi connectivity index (χ2n) is 4.54. The van der Waals surface area contributed by atoms with Crippen molar-refractivity contribution >= 4 is 33.3 Å². The maximum atomic E-state index is 12.3. The Kier molecular flexibility index (Phi) is 4.84. The fraction of sp³-hybridized carbons (Fsp3) is 0.188. The predicted octanol–water partition coefficient (Wildman–Crippen LogP) is 5.06. The molecule has 104 valence electrons. The molecule has 2 nitrogen and oxygen atoms in total. The van der Waals surface area contributed by atoms with Gasteiger partial charge in [0.15, 0.2) is 6.10 Å². The Hall–Kier alpha value is -1.32. The van der Waals surface area contributed by atoms with Crippen LogP contribution in [-0.4, -0.2) is 11.9 Å². The molecule has 1 atom stereocenters. The van der Waals surface area contributed by atoms with Gasteiger partial charge in [-0.15, -0.1) is 0 Å². The lowest BCUT2D eigenvalue weighted by Gasteiger charge is -2.15. The highest BCUT2D eigenvalue weighted by molar-refractivity contribution is 9.10. The first-order valence-electron chi connectivity index (χ1n) is 6.20. The number of hydrogen-bond acceptors (Lipinski definition) is 2. The van der Waals surface area contributed by atoms with Gasteiger partial charge < -0.3 is 4.74 Å². The molecule has 2 rings (SSSR count). The van der Waals surface area contributed by atoms with Crippen molar-refractivity contribution in [2.75, 3.05) is 0 Å². The second-order valence-corrected chi connectivity index (χ2v) is 5.89. The van der Waals surface area contributed by atoms with Gasteiger partial charge in [-0.1, -0.05) is 27.5 Å². The van der Waals surface area contributed by atoms with Crippen molar-refractivity contribution in [1.29, 1.82) is 0 Å². The number of aryl methyl sites for hydroxylation is 1. The molecule has 0 aliphatic carbocycles. The molecular formula is C16H14BrClO2. The molecule has 0 spiro atoms. The number of ketones is 1. The fourth-order valence-electron chi connectivity index (χ4n) is 1.84. The summed E-state index contributed by atoms with van der Waals surface area (Å²) in [5.74, 6) is 0.645. The molecule has 0 heterocycles. The zero-order chi connectivity index (χ0) is 14.7. The molecule has 20 heavy (non-hydrogen) atoms. The summed E-state index contributed by atoms with van der Waals surface area (Å²) in [6, 6.07) is 12.5. The number of ether oxygens (including phenoxy) is 1. The van der Waals surface area contributed by atoms with E-state index in [1.54, 1.807) is 31.2 Å². The van der Waals surface area contributed by atoms with Gasteiger partial charge in [0.1, 0.15) is 5.75 Å². The first kappa shape index (κ1) is 15.1. The summed E-state index contributed by atoms with van der Waals surface area (Å²) < 4.78 is 6.73. The summed E-state index contributed by atoms with van der Waals surface area (Å²) in [5, 5.41) is 0.610. The van der Waals surface area contributed by atoms with E-state index in [4.69, 9.17) is 16.3 Å². The summed E-state index contributed by atoms with van der Waals surface area (Å²) in [6.45, 7) is 3.69. The molecule has 0 aliphatic heterocycles. The van der Waals surface area contributed by atoms with Crippen molar-refractivity contribution < 1.29 is 9.53 Å². The van der Waals surface area contributed by atoms with Crippen LogP contribution in [-0.2, 0) is 0 Å². The van der Waals surface area contributed by atoms with E-state index in [1.165, 1.54) is 0 Å². The molecule has 0 aromatic heterocycles. The molecule has 1 unspecified atom stereocenters. The normalized spacial score (nSPS) is 12.0. The summed E-state index contributed by atoms with van der Waals surface area (Å²) in [7, 11) is 0. The average molecular weight is 354 g/mol. The Balaban J connectivity index is 2.13. The van der Waals surface area contributed by atoms with Gasteiger partial charge in [-0.25, -0.2) is 0 Å². The molecular weight excluding hydrogens is 340 g/mol. The van der Waals surface area contributed by atoms with E-state index in [-0.39, 0.29) is 5.78 Å². The molecule has 0 N–H and O–H groups in total. The zero-order valence-electron chi connectivity index (χ0n) is 11.2. The van der Waals surface area contributed by atoms with Crippen molar-refractivity contribution in [3.63, 3.8) is 0 Å². The maximum absolute atomic E-state index is 12.3. The quantitative estimate of drug-likeness (QED) is 0.718. The van der Waals surface area contributed by atoms with E-state index in [1.807, 2.05) is 25.1 Å². The number of Topliss-reactive ketones (excluding diaryl/α,β-unsaturated/α-hetero) is 1. The van der Waals surface area contributed by atoms with Crippen LogP contribution >= 0.6 is 27.5 Å². The number of rotatable bonds is 4. The number of halogens is 2. The van der Waals surface area contributed by atoms with Crippen LogP contribution in [0.3, 0.4) is 0 Å². The minimum atomic E-state index is -0.545. The molecule has 0 radical (unpaired) electrons. The largest absolute Gasteiger partial charge is 0.482 e. The lowest BCUT2D eigenvalue weighted by molar-refractivity contribution is 0.0817. The van der Waals surface area contributed by atoms with Crippen LogP contribution in [0.25, 0.3) is 0 Å². The Morgan fingerprint density at radius 2 is 1.85 bits per heavy atom. The number of carbonyl (C=O) groups excluding carboxylic acids is 1. The van der Waals surface area contributed by atoms with Gasteiger partial charge in [-0.3, -0.25) is 4.79 Å². The highest BCUT2D eigenvalue weighted by Gasteiger charge is 2.17. The first-order valence-corrected chi connectivity index (χ1v) is 7.37. The minimum Gasteiger partial charge on any atom is -0.482 e. The molecule has 0 fully saturated rings. The van der Waals surface area contributed by atoms with Gasteiger partial charge in [0.25, 0.3) is 0 Å². The van der Waals surface area contributed by atoms with Crippen molar-refractivity contribution in [2.45, 2.75) is 20.0 Å². The smallest absolute Gasteiger partial charge is 0.202 e. The van der Waals surface area contributed by atoms with Crippen molar-refractivity contribution in [3.8, 4) is 5.75 Å². The van der Waals surface area contributed by atoms with Crippen LogP contribution in [0.4, 0.5) is 0 Å². The molecule has 4 heteroatoms. The van der Waals surface area contributed by atoms with Crippen molar-refractivity contribution in [2.24, 2.45) is 0 Å². The Bertz CT molecular complexity index is 623. The Morgan fingerprint density at radius 3 is 2.45 bits per heavy atom. The van der Waals surface area contributed by atoms with E-state index >= 15 is 0 Å². The van der Waals surface area contributed by atoms with E-state index in [2.05, 4.69) is 15.9 Å². The molecule has 0 saturated heterocycles. The molecule has 2 aromatic carbocycles. The molecule has 2 aromatic rings. The number of hydrogen-bond donors (Lipinski definition) is 0. The zero-order valence-corrected chi connectivity index (χ0v) is 13.5. The highest BCUT2D eigenvalue weighted by Crippen LogP contribution is 2.24. The number of benzene rings is 2. The monoisotopic (exact) mass is 352 g/mol. The van der Waals surface area contributed by atoms with Crippen molar-refractivity contribution in [1.82, 2.24) is 0 Å². The standard InChI is InChI=1S/C16H14BrClO2/c1-10-9-13(17)5-8-15(10)20-11(2)16(19)12-3-6-14(18)7-4-12/h3-9,11H,1-2H3. The highest BCUT2D eigenvalue weighted by atomic mass is 79.9. The van der Waals surface area contributed by atoms with Gasteiger partial charge in [-0.05, 0) is 61.9 Å². The van der Waals surface area contributed by atoms with Gasteiger partial charge >= 0.3 is 0 Å². The summed E-state index contributed by atoms with van der Waals surface area (Å²) in [5.41, 5.74) is 1.58. The Morgan fingerprint density at radius 1 is 1.20 bits per heavy atom. The third-order valence-corrected chi connectivity index (χ3v) is 3.68. The van der Waals surface area contributed by atoms with Crippen LogP contribution < -0.4 is 4.74 Å². The lowest BCUT2D eigenvalue weighted by atomic mass is 10.1. The Labute approximate surface area is 131 Å². The van der Waals surface area contributed by atoms with Gasteiger partial charge in [0.05, 0.1) is 0 Å². The van der Waals surface area contributed by atoms with E-state index in [0.717, 1.165) is 10.0 Å². The lowest BCUT2D eigenvalue weighted by Crippen LogP contribution is -2.24. The van der Waals surface area contributed by atoms with Crippen molar-refractivity contribution in [3.05, 3.63) is 63.1 Å².